The molecule has 0 aromatic heterocycles. The first-order valence-electron chi connectivity index (χ1n) is 7.53. The summed E-state index contributed by atoms with van der Waals surface area (Å²) in [4.78, 5) is 17.1. The smallest absolute Gasteiger partial charge is 0.180 e. The third kappa shape index (κ3) is 5.65. The van der Waals surface area contributed by atoms with Crippen molar-refractivity contribution >= 4 is 11.5 Å². The van der Waals surface area contributed by atoms with Gasteiger partial charge in [-0.15, -0.1) is 0 Å². The van der Waals surface area contributed by atoms with Crippen LogP contribution in [0.15, 0.2) is 5.16 Å². The average Bonchev–Trinajstić information content (AvgIpc) is 2.82. The SMILES string of the molecule is CCCCCCCCC(=O)C1=NOC(CCC)C1. The molecular formula is C15H27NO2. The first-order valence-corrected chi connectivity index (χ1v) is 7.53. The second-order valence-electron chi connectivity index (χ2n) is 5.20. The summed E-state index contributed by atoms with van der Waals surface area (Å²) < 4.78 is 0. The summed E-state index contributed by atoms with van der Waals surface area (Å²) in [5, 5.41) is 3.93. The van der Waals surface area contributed by atoms with E-state index >= 15 is 0 Å². The number of rotatable bonds is 10. The highest BCUT2D eigenvalue weighted by Crippen LogP contribution is 2.17. The normalized spacial score (nSPS) is 18.6. The molecule has 0 aromatic rings. The van der Waals surface area contributed by atoms with Crippen LogP contribution in [0, 0.1) is 0 Å². The number of nitrogens with zero attached hydrogens (tertiary/aromatic N) is 1. The molecule has 0 amide bonds. The van der Waals surface area contributed by atoms with E-state index < -0.39 is 0 Å². The van der Waals surface area contributed by atoms with E-state index in [0.717, 1.165) is 32.1 Å². The van der Waals surface area contributed by atoms with Crippen molar-refractivity contribution in [2.45, 2.75) is 84.2 Å². The summed E-state index contributed by atoms with van der Waals surface area (Å²) in [5.41, 5.74) is 0.669. The van der Waals surface area contributed by atoms with Crippen LogP contribution < -0.4 is 0 Å². The standard InChI is InChI=1S/C15H27NO2/c1-3-5-6-7-8-9-11-15(17)14-12-13(10-4-2)18-16-14/h13H,3-12H2,1-2H3. The number of hydrogen-bond donors (Lipinski definition) is 0. The molecule has 0 saturated carbocycles. The van der Waals surface area contributed by atoms with E-state index in [1.54, 1.807) is 0 Å². The molecule has 3 heteroatoms. The fourth-order valence-corrected chi connectivity index (χ4v) is 2.28. The van der Waals surface area contributed by atoms with Crippen molar-refractivity contribution in [3.05, 3.63) is 0 Å². The van der Waals surface area contributed by atoms with Gasteiger partial charge in [-0.2, -0.15) is 0 Å². The summed E-state index contributed by atoms with van der Waals surface area (Å²) >= 11 is 0. The molecule has 0 bridgehead atoms. The van der Waals surface area contributed by atoms with E-state index in [-0.39, 0.29) is 11.9 Å². The van der Waals surface area contributed by atoms with E-state index in [4.69, 9.17) is 4.84 Å². The monoisotopic (exact) mass is 253 g/mol. The number of oxime groups is 1. The zero-order valence-electron chi connectivity index (χ0n) is 11.9. The van der Waals surface area contributed by atoms with Gasteiger partial charge in [0.15, 0.2) is 5.78 Å². The molecule has 1 aliphatic rings. The summed E-state index contributed by atoms with van der Waals surface area (Å²) in [6.07, 6.45) is 10.9. The Labute approximate surface area is 111 Å². The predicted octanol–water partition coefficient (Wildman–Crippen LogP) is 4.25. The lowest BCUT2D eigenvalue weighted by Gasteiger charge is -2.04. The van der Waals surface area contributed by atoms with Crippen LogP contribution in [0.5, 0.6) is 0 Å². The van der Waals surface area contributed by atoms with Gasteiger partial charge in [-0.3, -0.25) is 4.79 Å². The molecule has 0 N–H and O–H groups in total. The lowest BCUT2D eigenvalue weighted by molar-refractivity contribution is -0.113. The summed E-state index contributed by atoms with van der Waals surface area (Å²) in [6, 6.07) is 0. The van der Waals surface area contributed by atoms with Crippen LogP contribution in [0.25, 0.3) is 0 Å². The Morgan fingerprint density at radius 1 is 1.17 bits per heavy atom. The van der Waals surface area contributed by atoms with E-state index in [1.165, 1.54) is 25.7 Å². The largest absolute Gasteiger partial charge is 0.392 e. The van der Waals surface area contributed by atoms with Gasteiger partial charge in [0.1, 0.15) is 11.8 Å². The number of carbonyl (C=O) groups excluding carboxylic acids is 1. The minimum Gasteiger partial charge on any atom is -0.392 e. The van der Waals surface area contributed by atoms with Crippen LogP contribution in [-0.2, 0) is 9.63 Å². The topological polar surface area (TPSA) is 38.7 Å². The van der Waals surface area contributed by atoms with Crippen molar-refractivity contribution in [3.63, 3.8) is 0 Å². The number of unbranched alkanes of at least 4 members (excludes halogenated alkanes) is 5. The molecule has 0 radical (unpaired) electrons. The van der Waals surface area contributed by atoms with Gasteiger partial charge >= 0.3 is 0 Å². The van der Waals surface area contributed by atoms with Gasteiger partial charge < -0.3 is 4.84 Å². The summed E-state index contributed by atoms with van der Waals surface area (Å²) in [7, 11) is 0. The fourth-order valence-electron chi connectivity index (χ4n) is 2.28. The first kappa shape index (κ1) is 15.2. The van der Waals surface area contributed by atoms with E-state index in [2.05, 4.69) is 19.0 Å². The van der Waals surface area contributed by atoms with Crippen LogP contribution in [0.4, 0.5) is 0 Å². The lowest BCUT2D eigenvalue weighted by Crippen LogP contribution is -2.15. The summed E-state index contributed by atoms with van der Waals surface area (Å²) in [6.45, 7) is 4.34. The van der Waals surface area contributed by atoms with Crippen molar-refractivity contribution in [3.8, 4) is 0 Å². The lowest BCUT2D eigenvalue weighted by atomic mass is 10.0. The van der Waals surface area contributed by atoms with Crippen LogP contribution in [0.3, 0.4) is 0 Å². The molecule has 1 heterocycles. The number of Topliss-reactive ketones (excluding diaryl/α,β-unsaturated/α-hetero) is 1. The Hall–Kier alpha value is -0.860. The van der Waals surface area contributed by atoms with Gasteiger partial charge in [0.2, 0.25) is 0 Å². The maximum Gasteiger partial charge on any atom is 0.180 e. The quantitative estimate of drug-likeness (QED) is 0.546. The summed E-state index contributed by atoms with van der Waals surface area (Å²) in [5.74, 6) is 0.198. The highest BCUT2D eigenvalue weighted by Gasteiger charge is 2.24. The van der Waals surface area contributed by atoms with Crippen LogP contribution in [0.1, 0.15) is 78.1 Å². The number of ketones is 1. The van der Waals surface area contributed by atoms with Crippen molar-refractivity contribution in [2.24, 2.45) is 5.16 Å². The zero-order chi connectivity index (χ0) is 13.2. The third-order valence-corrected chi connectivity index (χ3v) is 3.42. The Morgan fingerprint density at radius 2 is 1.89 bits per heavy atom. The molecule has 1 aliphatic heterocycles. The molecule has 0 saturated heterocycles. The first-order chi connectivity index (χ1) is 8.77. The molecule has 1 unspecified atom stereocenters. The molecular weight excluding hydrogens is 226 g/mol. The van der Waals surface area contributed by atoms with Crippen molar-refractivity contribution in [1.82, 2.24) is 0 Å². The molecule has 0 spiro atoms. The molecule has 3 nitrogen and oxygen atoms in total. The molecule has 104 valence electrons. The zero-order valence-corrected chi connectivity index (χ0v) is 11.9. The highest BCUT2D eigenvalue weighted by molar-refractivity contribution is 6.40. The van der Waals surface area contributed by atoms with Gasteiger partial charge in [0.05, 0.1) is 0 Å². The van der Waals surface area contributed by atoms with E-state index in [0.29, 0.717) is 12.1 Å². The Kier molecular flexibility index (Phi) is 7.70. The van der Waals surface area contributed by atoms with Crippen molar-refractivity contribution in [1.29, 1.82) is 0 Å². The molecule has 1 rings (SSSR count). The maximum atomic E-state index is 11.9. The van der Waals surface area contributed by atoms with Gasteiger partial charge in [-0.1, -0.05) is 57.5 Å². The molecule has 0 aliphatic carbocycles. The van der Waals surface area contributed by atoms with Crippen molar-refractivity contribution in [2.75, 3.05) is 0 Å². The molecule has 1 atom stereocenters. The minimum absolute atomic E-state index is 0.151. The highest BCUT2D eigenvalue weighted by atomic mass is 16.6. The average molecular weight is 253 g/mol. The second kappa shape index (κ2) is 9.12. The number of hydrogen-bond acceptors (Lipinski definition) is 3. The van der Waals surface area contributed by atoms with Crippen LogP contribution in [-0.4, -0.2) is 17.6 Å². The van der Waals surface area contributed by atoms with Crippen molar-refractivity contribution < 1.29 is 9.63 Å². The van der Waals surface area contributed by atoms with Crippen LogP contribution in [0.2, 0.25) is 0 Å². The Bertz CT molecular complexity index is 274. The molecule has 0 fully saturated rings. The van der Waals surface area contributed by atoms with Crippen LogP contribution >= 0.6 is 0 Å². The van der Waals surface area contributed by atoms with Gasteiger partial charge in [0, 0.05) is 12.8 Å². The van der Waals surface area contributed by atoms with Gasteiger partial charge in [-0.25, -0.2) is 0 Å². The second-order valence-corrected chi connectivity index (χ2v) is 5.20. The molecule has 0 aromatic carbocycles. The molecule has 18 heavy (non-hydrogen) atoms. The minimum atomic E-state index is 0.151. The third-order valence-electron chi connectivity index (χ3n) is 3.42. The predicted molar refractivity (Wildman–Crippen MR) is 74.8 cm³/mol. The van der Waals surface area contributed by atoms with E-state index in [1.807, 2.05) is 0 Å². The fraction of sp³-hybridized carbons (Fsp3) is 0.867. The Balaban J connectivity index is 2.07. The van der Waals surface area contributed by atoms with Gasteiger partial charge in [0.25, 0.3) is 0 Å². The number of carbonyl (C=O) groups is 1. The maximum absolute atomic E-state index is 11.9. The van der Waals surface area contributed by atoms with E-state index in [9.17, 15) is 4.79 Å². The Morgan fingerprint density at radius 3 is 2.61 bits per heavy atom. The van der Waals surface area contributed by atoms with Gasteiger partial charge in [-0.05, 0) is 12.8 Å².